The van der Waals surface area contributed by atoms with Gasteiger partial charge in [-0.15, -0.1) is 12.4 Å². The third-order valence-corrected chi connectivity index (χ3v) is 5.16. The second kappa shape index (κ2) is 12.9. The molecule has 35 heavy (non-hydrogen) atoms. The number of amidine groups is 2. The van der Waals surface area contributed by atoms with Crippen LogP contribution in [0.15, 0.2) is 82.8 Å². The third kappa shape index (κ3) is 6.91. The van der Waals surface area contributed by atoms with Crippen molar-refractivity contribution >= 4 is 47.3 Å². The lowest BCUT2D eigenvalue weighted by Crippen LogP contribution is -2.19. The van der Waals surface area contributed by atoms with Crippen LogP contribution in [0.4, 0.5) is 11.4 Å². The van der Waals surface area contributed by atoms with Gasteiger partial charge in [0.2, 0.25) is 0 Å². The average Bonchev–Trinajstić information content (AvgIpc) is 2.87. The van der Waals surface area contributed by atoms with Gasteiger partial charge in [-0.3, -0.25) is 19.6 Å². The van der Waals surface area contributed by atoms with Crippen LogP contribution in [0.1, 0.15) is 31.8 Å². The van der Waals surface area contributed by atoms with Crippen molar-refractivity contribution in [2.45, 2.75) is 0 Å². The molecule has 0 aromatic heterocycles. The van der Waals surface area contributed by atoms with Gasteiger partial charge in [0.05, 0.1) is 0 Å². The molecule has 0 heterocycles. The predicted octanol–water partition coefficient (Wildman–Crippen LogP) is 3.80. The van der Waals surface area contributed by atoms with E-state index in [4.69, 9.17) is 0 Å². The van der Waals surface area contributed by atoms with Gasteiger partial charge >= 0.3 is 0 Å². The molecule has 0 unspecified atom stereocenters. The van der Waals surface area contributed by atoms with Gasteiger partial charge in [0.1, 0.15) is 11.7 Å². The first-order valence-corrected chi connectivity index (χ1v) is 10.7. The second-order valence-corrected chi connectivity index (χ2v) is 7.28. The maximum Gasteiger partial charge on any atom is 0.255 e. The Morgan fingerprint density at radius 1 is 0.543 bits per heavy atom. The lowest BCUT2D eigenvalue weighted by molar-refractivity contribution is 0.101. The predicted molar refractivity (Wildman–Crippen MR) is 146 cm³/mol. The van der Waals surface area contributed by atoms with Crippen LogP contribution in [0.2, 0.25) is 0 Å². The normalized spacial score (nSPS) is 11.2. The summed E-state index contributed by atoms with van der Waals surface area (Å²) in [5.74, 6) is 1.01. The van der Waals surface area contributed by atoms with E-state index in [1.807, 2.05) is 48.5 Å². The monoisotopic (exact) mass is 492 g/mol. The summed E-state index contributed by atoms with van der Waals surface area (Å²) in [6, 6.07) is 21.3. The highest BCUT2D eigenvalue weighted by atomic mass is 35.5. The Balaban J connectivity index is 0.00000432. The van der Waals surface area contributed by atoms with Gasteiger partial charge in [-0.2, -0.15) is 0 Å². The molecule has 0 saturated carbocycles. The van der Waals surface area contributed by atoms with Crippen molar-refractivity contribution in [2.24, 2.45) is 9.98 Å². The molecule has 0 spiro atoms. The van der Waals surface area contributed by atoms with E-state index in [2.05, 4.69) is 31.3 Å². The number of nitrogens with one attached hydrogen (secondary N) is 4. The molecule has 3 aromatic carbocycles. The fourth-order valence-corrected chi connectivity index (χ4v) is 3.37. The number of carbonyl (C=O) groups excluding carboxylic acids is 2. The second-order valence-electron chi connectivity index (χ2n) is 7.28. The topological polar surface area (TPSA) is 107 Å². The summed E-state index contributed by atoms with van der Waals surface area (Å²) in [6.07, 6.45) is 0. The molecule has 0 radical (unpaired) electrons. The number of aliphatic imine (C=N–C) groups is 2. The lowest BCUT2D eigenvalue weighted by atomic mass is 10.1. The SMILES string of the molecule is CN=C(NC)c1ccc(NC(=O)c2ccc(C(=O)Nc3ccc(C(=NC)NC)cc3)cc2)cc1.Cl. The smallest absolute Gasteiger partial charge is 0.255 e. The highest BCUT2D eigenvalue weighted by Crippen LogP contribution is 2.15. The molecule has 2 amide bonds. The summed E-state index contributed by atoms with van der Waals surface area (Å²) >= 11 is 0. The van der Waals surface area contributed by atoms with Gasteiger partial charge in [-0.05, 0) is 72.8 Å². The first kappa shape index (κ1) is 27.1. The van der Waals surface area contributed by atoms with Gasteiger partial charge in [0, 0.05) is 61.8 Å². The summed E-state index contributed by atoms with van der Waals surface area (Å²) in [4.78, 5) is 33.5. The number of amides is 2. The summed E-state index contributed by atoms with van der Waals surface area (Å²) in [7, 11) is 7.04. The van der Waals surface area contributed by atoms with E-state index in [0.717, 1.165) is 22.8 Å². The summed E-state index contributed by atoms with van der Waals surface area (Å²) < 4.78 is 0. The molecule has 0 aliphatic rings. The third-order valence-electron chi connectivity index (χ3n) is 5.16. The zero-order valence-corrected chi connectivity index (χ0v) is 20.9. The van der Waals surface area contributed by atoms with Crippen molar-refractivity contribution in [2.75, 3.05) is 38.8 Å². The van der Waals surface area contributed by atoms with Crippen LogP contribution in [0.5, 0.6) is 0 Å². The molecule has 0 atom stereocenters. The number of benzene rings is 3. The Morgan fingerprint density at radius 2 is 0.829 bits per heavy atom. The Morgan fingerprint density at radius 3 is 1.09 bits per heavy atom. The molecule has 182 valence electrons. The Hall–Kier alpha value is -4.17. The zero-order chi connectivity index (χ0) is 24.5. The largest absolute Gasteiger partial charge is 0.373 e. The van der Waals surface area contributed by atoms with Crippen LogP contribution in [0, 0.1) is 0 Å². The Bertz CT molecular complexity index is 1110. The van der Waals surface area contributed by atoms with Gasteiger partial charge in [0.25, 0.3) is 11.8 Å². The molecule has 0 aliphatic carbocycles. The number of anilines is 2. The van der Waals surface area contributed by atoms with E-state index in [-0.39, 0.29) is 24.2 Å². The van der Waals surface area contributed by atoms with Crippen molar-refractivity contribution < 1.29 is 9.59 Å². The van der Waals surface area contributed by atoms with Gasteiger partial charge in [-0.25, -0.2) is 0 Å². The van der Waals surface area contributed by atoms with Crippen LogP contribution >= 0.6 is 12.4 Å². The van der Waals surface area contributed by atoms with Crippen LogP contribution in [-0.4, -0.2) is 51.7 Å². The highest BCUT2D eigenvalue weighted by Gasteiger charge is 2.11. The van der Waals surface area contributed by atoms with Gasteiger partial charge < -0.3 is 21.3 Å². The maximum atomic E-state index is 12.6. The summed E-state index contributed by atoms with van der Waals surface area (Å²) in [5, 5.41) is 11.8. The maximum absolute atomic E-state index is 12.6. The van der Waals surface area contributed by atoms with Crippen molar-refractivity contribution in [3.05, 3.63) is 95.1 Å². The summed E-state index contributed by atoms with van der Waals surface area (Å²) in [5.41, 5.74) is 4.09. The fraction of sp³-hybridized carbons (Fsp3) is 0.154. The van der Waals surface area contributed by atoms with E-state index in [1.165, 1.54) is 0 Å². The molecule has 9 heteroatoms. The van der Waals surface area contributed by atoms with E-state index in [1.54, 1.807) is 52.5 Å². The van der Waals surface area contributed by atoms with Crippen LogP contribution in [0.3, 0.4) is 0 Å². The first-order valence-electron chi connectivity index (χ1n) is 10.7. The molecular formula is C26H29ClN6O2. The molecule has 3 aromatic rings. The Labute approximate surface area is 211 Å². The number of nitrogens with zero attached hydrogens (tertiary/aromatic N) is 2. The number of hydrogen-bond acceptors (Lipinski definition) is 4. The minimum Gasteiger partial charge on any atom is -0.373 e. The number of hydrogen-bond donors (Lipinski definition) is 4. The molecule has 4 N–H and O–H groups in total. The quantitative estimate of drug-likeness (QED) is 0.310. The van der Waals surface area contributed by atoms with Crippen molar-refractivity contribution in [3.63, 3.8) is 0 Å². The zero-order valence-electron chi connectivity index (χ0n) is 20.0. The average molecular weight is 493 g/mol. The van der Waals surface area contributed by atoms with E-state index < -0.39 is 0 Å². The van der Waals surface area contributed by atoms with Crippen LogP contribution in [-0.2, 0) is 0 Å². The molecule has 0 aliphatic heterocycles. The van der Waals surface area contributed by atoms with E-state index >= 15 is 0 Å². The minimum absolute atomic E-state index is 0. The summed E-state index contributed by atoms with van der Waals surface area (Å²) in [6.45, 7) is 0. The van der Waals surface area contributed by atoms with Crippen molar-refractivity contribution in [1.82, 2.24) is 10.6 Å². The Kier molecular flexibility index (Phi) is 9.98. The van der Waals surface area contributed by atoms with Crippen molar-refractivity contribution in [3.8, 4) is 0 Å². The minimum atomic E-state index is -0.258. The molecule has 0 saturated heterocycles. The number of halogens is 1. The first-order chi connectivity index (χ1) is 16.5. The molecule has 0 bridgehead atoms. The standard InChI is InChI=1S/C26H28N6O2.ClH/c1-27-23(28-2)17-9-13-21(14-10-17)31-25(33)19-5-7-20(8-6-19)26(34)32-22-15-11-18(12-16-22)24(29-3)30-4;/h5-16H,1-4H3,(H,27,28)(H,29,30)(H,31,33)(H,32,34);1H. The molecule has 8 nitrogen and oxygen atoms in total. The van der Waals surface area contributed by atoms with Crippen LogP contribution in [0.25, 0.3) is 0 Å². The fourth-order valence-electron chi connectivity index (χ4n) is 3.37. The van der Waals surface area contributed by atoms with Crippen LogP contribution < -0.4 is 21.3 Å². The van der Waals surface area contributed by atoms with Crippen molar-refractivity contribution in [1.29, 1.82) is 0 Å². The van der Waals surface area contributed by atoms with E-state index in [9.17, 15) is 9.59 Å². The van der Waals surface area contributed by atoms with Gasteiger partial charge in [0.15, 0.2) is 0 Å². The number of carbonyl (C=O) groups is 2. The number of rotatable bonds is 6. The molecular weight excluding hydrogens is 464 g/mol. The molecule has 3 rings (SSSR count). The van der Waals surface area contributed by atoms with E-state index in [0.29, 0.717) is 22.5 Å². The highest BCUT2D eigenvalue weighted by molar-refractivity contribution is 6.07. The lowest BCUT2D eigenvalue weighted by Gasteiger charge is -2.10. The van der Waals surface area contributed by atoms with Gasteiger partial charge in [-0.1, -0.05) is 0 Å². The molecule has 0 fully saturated rings.